The van der Waals surface area contributed by atoms with E-state index in [-0.39, 0.29) is 0 Å². The van der Waals surface area contributed by atoms with Gasteiger partial charge in [0.05, 0.1) is 13.1 Å². The van der Waals surface area contributed by atoms with Crippen LogP contribution in [-0.2, 0) is 22.7 Å². The van der Waals surface area contributed by atoms with Crippen LogP contribution < -0.4 is 0 Å². The molecule has 0 aliphatic carbocycles. The monoisotopic (exact) mass is 276 g/mol. The summed E-state index contributed by atoms with van der Waals surface area (Å²) in [5, 5.41) is 0. The third-order valence-corrected chi connectivity index (χ3v) is 3.63. The second-order valence-electron chi connectivity index (χ2n) is 3.95. The highest BCUT2D eigenvalue weighted by atomic mass is 32.2. The molecule has 0 N–H and O–H groups in total. The molecule has 1 aromatic rings. The largest absolute Gasteiger partial charge is 0.235 e. The van der Waals surface area contributed by atoms with E-state index in [9.17, 15) is 9.59 Å². The minimum Gasteiger partial charge on any atom is -0.211 e. The van der Waals surface area contributed by atoms with Gasteiger partial charge in [-0.05, 0) is 35.5 Å². The number of benzene rings is 1. The smallest absolute Gasteiger partial charge is 0.211 e. The molecule has 0 unspecified atom stereocenters. The summed E-state index contributed by atoms with van der Waals surface area (Å²) in [5.74, 6) is 2.83. The van der Waals surface area contributed by atoms with Crippen LogP contribution in [0.1, 0.15) is 24.0 Å². The first-order chi connectivity index (χ1) is 9.36. The summed E-state index contributed by atoms with van der Waals surface area (Å²) in [6.07, 6.45) is 5.86. The molecule has 1 heterocycles. The third kappa shape index (κ3) is 7.37. The van der Waals surface area contributed by atoms with Gasteiger partial charge in [0, 0.05) is 0 Å². The number of thioether (sulfide) groups is 1. The van der Waals surface area contributed by atoms with Gasteiger partial charge in [0.25, 0.3) is 0 Å². The molecule has 1 fully saturated rings. The second-order valence-corrected chi connectivity index (χ2v) is 5.18. The Labute approximate surface area is 117 Å². The summed E-state index contributed by atoms with van der Waals surface area (Å²) in [5.41, 5.74) is 1.79. The van der Waals surface area contributed by atoms with Crippen molar-refractivity contribution in [2.75, 3.05) is 11.5 Å². The van der Waals surface area contributed by atoms with E-state index in [4.69, 9.17) is 0 Å². The molecular weight excluding hydrogens is 260 g/mol. The number of nitrogens with zero attached hydrogens (tertiary/aromatic N) is 2. The highest BCUT2D eigenvalue weighted by molar-refractivity contribution is 7.99. The molecule has 1 aliphatic rings. The van der Waals surface area contributed by atoms with Crippen LogP contribution in [0.25, 0.3) is 0 Å². The van der Waals surface area contributed by atoms with Crippen LogP contribution in [0, 0.1) is 0 Å². The lowest BCUT2D eigenvalue weighted by atomic mass is 10.1. The molecule has 0 aromatic heterocycles. The lowest BCUT2D eigenvalue weighted by molar-refractivity contribution is 0.562. The van der Waals surface area contributed by atoms with E-state index in [0.717, 1.165) is 11.1 Å². The van der Waals surface area contributed by atoms with Crippen LogP contribution in [0.3, 0.4) is 0 Å². The second kappa shape index (κ2) is 10.3. The van der Waals surface area contributed by atoms with Gasteiger partial charge in [-0.25, -0.2) is 19.6 Å². The molecule has 1 aliphatic heterocycles. The minimum absolute atomic E-state index is 0.308. The molecule has 19 heavy (non-hydrogen) atoms. The van der Waals surface area contributed by atoms with Gasteiger partial charge in [0.2, 0.25) is 12.2 Å². The highest BCUT2D eigenvalue weighted by Gasteiger charge is 1.95. The summed E-state index contributed by atoms with van der Waals surface area (Å²) < 4.78 is 0. The van der Waals surface area contributed by atoms with Crippen molar-refractivity contribution in [3.8, 4) is 0 Å². The van der Waals surface area contributed by atoms with Gasteiger partial charge in [-0.2, -0.15) is 11.8 Å². The van der Waals surface area contributed by atoms with E-state index >= 15 is 0 Å². The number of hydrogen-bond donors (Lipinski definition) is 0. The number of aliphatic imine (C=N–C) groups is 2. The Kier molecular flexibility index (Phi) is 8.32. The number of isocyanates is 2. The van der Waals surface area contributed by atoms with E-state index in [1.807, 2.05) is 24.3 Å². The summed E-state index contributed by atoms with van der Waals surface area (Å²) in [6, 6.07) is 7.34. The molecule has 5 heteroatoms. The van der Waals surface area contributed by atoms with Gasteiger partial charge in [-0.3, -0.25) is 0 Å². The van der Waals surface area contributed by atoms with Crippen molar-refractivity contribution in [1.29, 1.82) is 0 Å². The number of hydrogen-bond acceptors (Lipinski definition) is 5. The van der Waals surface area contributed by atoms with Gasteiger partial charge in [-0.1, -0.05) is 24.3 Å². The molecule has 2 rings (SSSR count). The summed E-state index contributed by atoms with van der Waals surface area (Å²) in [4.78, 5) is 26.6. The zero-order chi connectivity index (χ0) is 13.8. The van der Waals surface area contributed by atoms with Crippen molar-refractivity contribution in [2.24, 2.45) is 9.98 Å². The van der Waals surface area contributed by atoms with Crippen molar-refractivity contribution >= 4 is 23.9 Å². The van der Waals surface area contributed by atoms with Crippen LogP contribution in [0.5, 0.6) is 0 Å². The van der Waals surface area contributed by atoms with Gasteiger partial charge < -0.3 is 0 Å². The van der Waals surface area contributed by atoms with Crippen LogP contribution in [0.2, 0.25) is 0 Å². The molecule has 0 bridgehead atoms. The van der Waals surface area contributed by atoms with E-state index in [1.165, 1.54) is 36.5 Å². The molecule has 0 spiro atoms. The van der Waals surface area contributed by atoms with E-state index in [1.54, 1.807) is 0 Å². The highest BCUT2D eigenvalue weighted by Crippen LogP contribution is 2.14. The maximum absolute atomic E-state index is 9.87. The predicted molar refractivity (Wildman–Crippen MR) is 76.7 cm³/mol. The van der Waals surface area contributed by atoms with Crippen molar-refractivity contribution in [3.63, 3.8) is 0 Å². The van der Waals surface area contributed by atoms with Crippen LogP contribution in [0.15, 0.2) is 34.3 Å². The average Bonchev–Trinajstić information content (AvgIpc) is 3.03. The van der Waals surface area contributed by atoms with Crippen LogP contribution in [0.4, 0.5) is 0 Å². The Balaban J connectivity index is 0.000000300. The Bertz CT molecular complexity index is 431. The Morgan fingerprint density at radius 2 is 1.53 bits per heavy atom. The van der Waals surface area contributed by atoms with Gasteiger partial charge in [0.15, 0.2) is 0 Å². The van der Waals surface area contributed by atoms with Crippen molar-refractivity contribution in [1.82, 2.24) is 0 Å². The maximum Gasteiger partial charge on any atom is 0.235 e. The standard InChI is InChI=1S/C10H8N2O2.C4H8S/c13-7-11-5-9-2-1-3-10(4-9)6-12-8-14;1-2-4-5-3-1/h1-4H,5-6H2;1-4H2. The summed E-state index contributed by atoms with van der Waals surface area (Å²) in [7, 11) is 0. The Morgan fingerprint density at radius 1 is 1.00 bits per heavy atom. The first kappa shape index (κ1) is 15.4. The lowest BCUT2D eigenvalue weighted by Crippen LogP contribution is -1.85. The minimum atomic E-state index is 0.308. The molecule has 4 nitrogen and oxygen atoms in total. The van der Waals surface area contributed by atoms with Crippen molar-refractivity contribution < 1.29 is 9.59 Å². The van der Waals surface area contributed by atoms with Crippen LogP contribution >= 0.6 is 11.8 Å². The molecule has 0 saturated carbocycles. The quantitative estimate of drug-likeness (QED) is 0.627. The first-order valence-corrected chi connectivity index (χ1v) is 7.25. The topological polar surface area (TPSA) is 58.9 Å². The van der Waals surface area contributed by atoms with Gasteiger partial charge in [0.1, 0.15) is 0 Å². The van der Waals surface area contributed by atoms with E-state index in [0.29, 0.717) is 13.1 Å². The van der Waals surface area contributed by atoms with E-state index < -0.39 is 0 Å². The van der Waals surface area contributed by atoms with Crippen molar-refractivity contribution in [3.05, 3.63) is 35.4 Å². The fraction of sp³-hybridized carbons (Fsp3) is 0.429. The molecule has 0 atom stereocenters. The zero-order valence-electron chi connectivity index (χ0n) is 10.7. The number of rotatable bonds is 4. The molecule has 100 valence electrons. The SMILES string of the molecule is C1CCSC1.O=C=NCc1cccc(CN=C=O)c1. The molecule has 0 amide bonds. The first-order valence-electron chi connectivity index (χ1n) is 6.09. The van der Waals surface area contributed by atoms with Gasteiger partial charge in [-0.15, -0.1) is 0 Å². The van der Waals surface area contributed by atoms with Crippen molar-refractivity contribution in [2.45, 2.75) is 25.9 Å². The molecular formula is C14H16N2O2S. The summed E-state index contributed by atoms with van der Waals surface area (Å²) >= 11 is 2.07. The average molecular weight is 276 g/mol. The maximum atomic E-state index is 9.87. The molecule has 1 saturated heterocycles. The molecule has 0 radical (unpaired) electrons. The third-order valence-electron chi connectivity index (χ3n) is 2.47. The fourth-order valence-corrected chi connectivity index (χ4v) is 2.60. The number of carbonyl (C=O) groups excluding carboxylic acids is 2. The predicted octanol–water partition coefficient (Wildman–Crippen LogP) is 2.87. The normalized spacial score (nSPS) is 12.6. The summed E-state index contributed by atoms with van der Waals surface area (Å²) in [6.45, 7) is 0.615. The fourth-order valence-electron chi connectivity index (χ4n) is 1.58. The Morgan fingerprint density at radius 3 is 1.89 bits per heavy atom. The van der Waals surface area contributed by atoms with Gasteiger partial charge >= 0.3 is 0 Å². The van der Waals surface area contributed by atoms with E-state index in [2.05, 4.69) is 21.7 Å². The Hall–Kier alpha value is -1.67. The zero-order valence-corrected chi connectivity index (χ0v) is 11.5. The van der Waals surface area contributed by atoms with Crippen LogP contribution in [-0.4, -0.2) is 23.7 Å². The lowest BCUT2D eigenvalue weighted by Gasteiger charge is -1.98. The molecule has 1 aromatic carbocycles.